The Hall–Kier alpha value is -2.74. The van der Waals surface area contributed by atoms with Crippen molar-refractivity contribution in [2.75, 3.05) is 11.9 Å². The first-order valence-corrected chi connectivity index (χ1v) is 11.7. The van der Waals surface area contributed by atoms with Crippen molar-refractivity contribution >= 4 is 39.1 Å². The third-order valence-corrected chi connectivity index (χ3v) is 7.38. The lowest BCUT2D eigenvalue weighted by Gasteiger charge is -2.35. The number of carbonyl (C=O) groups excluding carboxylic acids is 2. The van der Waals surface area contributed by atoms with Gasteiger partial charge in [0.1, 0.15) is 0 Å². The van der Waals surface area contributed by atoms with Gasteiger partial charge in [-0.1, -0.05) is 6.07 Å². The molecule has 3 aromatic rings. The number of nitrogens with zero attached hydrogens (tertiary/aromatic N) is 4. The smallest absolute Gasteiger partial charge is 0.257 e. The molecule has 7 nitrogen and oxygen atoms in total. The molecule has 0 saturated carbocycles. The first-order valence-electron chi connectivity index (χ1n) is 10.9. The largest absolute Gasteiger partial charge is 0.330 e. The number of piperidine rings is 1. The second-order valence-corrected chi connectivity index (χ2v) is 9.35. The third-order valence-electron chi connectivity index (χ3n) is 6.36. The Bertz CT molecular complexity index is 1230. The number of benzene rings is 1. The highest BCUT2D eigenvalue weighted by atomic mass is 79.9. The summed E-state index contributed by atoms with van der Waals surface area (Å²) in [5, 5.41) is 7.67. The summed E-state index contributed by atoms with van der Waals surface area (Å²) in [5.74, 6) is -0.319. The molecule has 8 heteroatoms. The van der Waals surface area contributed by atoms with Crippen LogP contribution in [0, 0.1) is 27.7 Å². The highest BCUT2D eigenvalue weighted by Gasteiger charge is 2.33. The van der Waals surface area contributed by atoms with Crippen LogP contribution in [-0.2, 0) is 4.79 Å². The fourth-order valence-electron chi connectivity index (χ4n) is 4.36. The summed E-state index contributed by atoms with van der Waals surface area (Å²) in [7, 11) is 0. The van der Waals surface area contributed by atoms with Crippen molar-refractivity contribution in [2.24, 2.45) is 0 Å². The highest BCUT2D eigenvalue weighted by Crippen LogP contribution is 2.36. The van der Waals surface area contributed by atoms with E-state index in [-0.39, 0.29) is 17.9 Å². The number of fused-ring (bicyclic) bond motifs is 1. The van der Waals surface area contributed by atoms with E-state index >= 15 is 0 Å². The molecule has 0 aliphatic carbocycles. The summed E-state index contributed by atoms with van der Waals surface area (Å²) in [5.41, 5.74) is 6.75. The molecule has 4 rings (SSSR count). The Morgan fingerprint density at radius 3 is 2.62 bits per heavy atom. The van der Waals surface area contributed by atoms with Gasteiger partial charge in [-0.15, -0.1) is 0 Å². The van der Waals surface area contributed by atoms with Crippen LogP contribution in [0.3, 0.4) is 0 Å². The van der Waals surface area contributed by atoms with Gasteiger partial charge in [0, 0.05) is 35.4 Å². The monoisotopic (exact) mass is 497 g/mol. The van der Waals surface area contributed by atoms with Crippen LogP contribution in [-0.4, -0.2) is 37.9 Å². The van der Waals surface area contributed by atoms with Gasteiger partial charge in [-0.05, 0) is 80.1 Å². The average molecular weight is 498 g/mol. The maximum absolute atomic E-state index is 13.8. The maximum atomic E-state index is 13.8. The van der Waals surface area contributed by atoms with Crippen LogP contribution in [0.25, 0.3) is 5.65 Å². The Balaban J connectivity index is 1.78. The number of nitrogens with one attached hydrogen (secondary N) is 1. The molecule has 1 atom stereocenters. The summed E-state index contributed by atoms with van der Waals surface area (Å²) >= 11 is 3.59. The number of likely N-dealkylation sites (tertiary alicyclic amines) is 1. The number of carbonyl (C=O) groups is 2. The summed E-state index contributed by atoms with van der Waals surface area (Å²) in [6.07, 6.45) is 2.80. The highest BCUT2D eigenvalue weighted by molar-refractivity contribution is 9.10. The van der Waals surface area contributed by atoms with Crippen molar-refractivity contribution < 1.29 is 9.59 Å². The molecule has 1 fully saturated rings. The van der Waals surface area contributed by atoms with Crippen LogP contribution in [0.5, 0.6) is 0 Å². The molecule has 1 saturated heterocycles. The van der Waals surface area contributed by atoms with Crippen LogP contribution in [0.4, 0.5) is 5.69 Å². The molecular formula is C24H28BrN5O2. The molecule has 1 aliphatic rings. The van der Waals surface area contributed by atoms with Crippen LogP contribution >= 0.6 is 15.9 Å². The van der Waals surface area contributed by atoms with E-state index in [0.29, 0.717) is 22.3 Å². The number of hydrogen-bond acceptors (Lipinski definition) is 4. The summed E-state index contributed by atoms with van der Waals surface area (Å²) < 4.78 is 2.58. The molecule has 3 heterocycles. The minimum absolute atomic E-state index is 0.108. The van der Waals surface area contributed by atoms with Crippen molar-refractivity contribution in [3.63, 3.8) is 0 Å². The first-order chi connectivity index (χ1) is 15.2. The topological polar surface area (TPSA) is 79.6 Å². The Kier molecular flexibility index (Phi) is 6.07. The van der Waals surface area contributed by atoms with Gasteiger partial charge < -0.3 is 10.2 Å². The number of amides is 2. The van der Waals surface area contributed by atoms with Gasteiger partial charge >= 0.3 is 0 Å². The lowest BCUT2D eigenvalue weighted by molar-refractivity contribution is -0.114. The van der Waals surface area contributed by atoms with E-state index in [4.69, 9.17) is 10.1 Å². The van der Waals surface area contributed by atoms with Crippen LogP contribution in [0.1, 0.15) is 70.8 Å². The van der Waals surface area contributed by atoms with Crippen molar-refractivity contribution in [1.82, 2.24) is 19.5 Å². The lowest BCUT2D eigenvalue weighted by atomic mass is 9.97. The second-order valence-electron chi connectivity index (χ2n) is 8.56. The number of hydrogen-bond donors (Lipinski definition) is 1. The van der Waals surface area contributed by atoms with Gasteiger partial charge in [0.25, 0.3) is 5.91 Å². The molecule has 0 spiro atoms. The predicted molar refractivity (Wildman–Crippen MR) is 128 cm³/mol. The van der Waals surface area contributed by atoms with Crippen LogP contribution < -0.4 is 5.32 Å². The van der Waals surface area contributed by atoms with Crippen LogP contribution in [0.15, 0.2) is 22.7 Å². The zero-order valence-corrected chi connectivity index (χ0v) is 20.7. The molecule has 1 aliphatic heterocycles. The van der Waals surface area contributed by atoms with Gasteiger partial charge in [0.05, 0.1) is 23.0 Å². The zero-order valence-electron chi connectivity index (χ0n) is 19.1. The minimum atomic E-state index is -0.211. The van der Waals surface area contributed by atoms with Gasteiger partial charge in [0.15, 0.2) is 5.65 Å². The number of anilines is 1. The van der Waals surface area contributed by atoms with E-state index in [1.54, 1.807) is 6.07 Å². The normalized spacial score (nSPS) is 16.4. The van der Waals surface area contributed by atoms with Gasteiger partial charge in [0.2, 0.25) is 5.91 Å². The Labute approximate surface area is 196 Å². The average Bonchev–Trinajstić information content (AvgIpc) is 3.18. The van der Waals surface area contributed by atoms with Crippen LogP contribution in [0.2, 0.25) is 0 Å². The molecule has 2 amide bonds. The van der Waals surface area contributed by atoms with Crippen molar-refractivity contribution in [3.8, 4) is 0 Å². The number of rotatable bonds is 3. The number of halogens is 1. The number of aryl methyl sites for hydroxylation is 3. The van der Waals surface area contributed by atoms with Crippen molar-refractivity contribution in [1.29, 1.82) is 0 Å². The molecule has 2 aromatic heterocycles. The van der Waals surface area contributed by atoms with Gasteiger partial charge in [-0.3, -0.25) is 9.59 Å². The quantitative estimate of drug-likeness (QED) is 0.548. The molecule has 1 aromatic carbocycles. The lowest BCUT2D eigenvalue weighted by Crippen LogP contribution is -2.39. The van der Waals surface area contributed by atoms with E-state index < -0.39 is 0 Å². The molecule has 32 heavy (non-hydrogen) atoms. The summed E-state index contributed by atoms with van der Waals surface area (Å²) in [4.78, 5) is 32.2. The Morgan fingerprint density at radius 1 is 1.16 bits per heavy atom. The molecular weight excluding hydrogens is 470 g/mol. The molecule has 1 unspecified atom stereocenters. The van der Waals surface area contributed by atoms with Crippen molar-refractivity contribution in [3.05, 3.63) is 56.4 Å². The predicted octanol–water partition coefficient (Wildman–Crippen LogP) is 5.05. The Morgan fingerprint density at radius 2 is 1.91 bits per heavy atom. The first kappa shape index (κ1) is 22.5. The fourth-order valence-corrected chi connectivity index (χ4v) is 4.88. The standard InChI is InChI=1S/C24H28BrN5O2/c1-13-9-10-18(27-17(5)31)22(23(13)25)24(32)29-11-7-6-8-20(29)19-12-21-26-15(3)14(2)16(4)30(21)28-19/h9-10,12,20H,6-8,11H2,1-5H3,(H,27,31). The van der Waals surface area contributed by atoms with Gasteiger partial charge in [-0.2, -0.15) is 5.10 Å². The van der Waals surface area contributed by atoms with E-state index in [9.17, 15) is 9.59 Å². The number of aromatic nitrogens is 3. The summed E-state index contributed by atoms with van der Waals surface area (Å²) in [6.45, 7) is 10.1. The van der Waals surface area contributed by atoms with E-state index in [1.807, 2.05) is 49.2 Å². The van der Waals surface area contributed by atoms with E-state index in [0.717, 1.165) is 53.1 Å². The molecule has 168 valence electrons. The van der Waals surface area contributed by atoms with E-state index in [2.05, 4.69) is 21.2 Å². The van der Waals surface area contributed by atoms with Gasteiger partial charge in [-0.25, -0.2) is 9.50 Å². The fraction of sp³-hybridized carbons (Fsp3) is 0.417. The molecule has 1 N–H and O–H groups in total. The molecule has 0 radical (unpaired) electrons. The third kappa shape index (κ3) is 3.92. The van der Waals surface area contributed by atoms with E-state index in [1.165, 1.54) is 6.92 Å². The SMILES string of the molecule is CC(=O)Nc1ccc(C)c(Br)c1C(=O)N1CCCCC1c1cc2nc(C)c(C)c(C)n2n1. The second kappa shape index (κ2) is 8.65. The minimum Gasteiger partial charge on any atom is -0.330 e. The van der Waals surface area contributed by atoms with Crippen molar-refractivity contribution in [2.45, 2.75) is 59.9 Å². The summed E-state index contributed by atoms with van der Waals surface area (Å²) in [6, 6.07) is 5.53. The molecule has 0 bridgehead atoms. The maximum Gasteiger partial charge on any atom is 0.257 e. The zero-order chi connectivity index (χ0) is 23.2.